The Labute approximate surface area is 125 Å². The lowest BCUT2D eigenvalue weighted by Gasteiger charge is -2.41. The number of carbonyl (C=O) groups is 2. The second kappa shape index (κ2) is 6.62. The minimum Gasteiger partial charge on any atom is -0.469 e. The molecule has 0 aromatic carbocycles. The summed E-state index contributed by atoms with van der Waals surface area (Å²) in [5.41, 5.74) is -0.600. The minimum absolute atomic E-state index is 0.0315. The molecule has 1 saturated heterocycles. The molecule has 0 radical (unpaired) electrons. The molecule has 1 fully saturated rings. The van der Waals surface area contributed by atoms with Crippen molar-refractivity contribution in [3.63, 3.8) is 0 Å². The number of amides is 1. The van der Waals surface area contributed by atoms with Gasteiger partial charge in [0.1, 0.15) is 5.60 Å². The zero-order valence-corrected chi connectivity index (χ0v) is 13.5. The molecule has 1 N–H and O–H groups in total. The second-order valence-electron chi connectivity index (χ2n) is 6.40. The predicted octanol–water partition coefficient (Wildman–Crippen LogP) is 1.59. The van der Waals surface area contributed by atoms with Crippen LogP contribution in [0.3, 0.4) is 0 Å². The van der Waals surface area contributed by atoms with E-state index in [0.29, 0.717) is 0 Å². The van der Waals surface area contributed by atoms with Gasteiger partial charge in [-0.1, -0.05) is 0 Å². The SMILES string of the molecule is COC(=O)C[C@H]1OC(C)(C)OC[C@H]1NC(=O)OC(C)(C)C. The molecule has 1 heterocycles. The van der Waals surface area contributed by atoms with Gasteiger partial charge in [0.2, 0.25) is 0 Å². The number of alkyl carbamates (subject to hydrolysis) is 1. The molecular formula is C14H25NO6. The summed E-state index contributed by atoms with van der Waals surface area (Å²) in [7, 11) is 1.31. The van der Waals surface area contributed by atoms with Crippen LogP contribution in [-0.4, -0.2) is 49.3 Å². The topological polar surface area (TPSA) is 83.1 Å². The van der Waals surface area contributed by atoms with Gasteiger partial charge >= 0.3 is 12.1 Å². The van der Waals surface area contributed by atoms with Gasteiger partial charge in [-0.2, -0.15) is 0 Å². The van der Waals surface area contributed by atoms with Gasteiger partial charge in [-0.3, -0.25) is 4.79 Å². The molecule has 0 saturated carbocycles. The Morgan fingerprint density at radius 3 is 2.48 bits per heavy atom. The molecule has 1 amide bonds. The molecule has 1 aliphatic heterocycles. The predicted molar refractivity (Wildman–Crippen MR) is 74.7 cm³/mol. The lowest BCUT2D eigenvalue weighted by Crippen LogP contribution is -2.57. The summed E-state index contributed by atoms with van der Waals surface area (Å²) < 4.78 is 21.1. The van der Waals surface area contributed by atoms with E-state index >= 15 is 0 Å². The maximum atomic E-state index is 11.8. The molecule has 0 aromatic rings. The van der Waals surface area contributed by atoms with Crippen molar-refractivity contribution in [2.45, 2.75) is 64.6 Å². The van der Waals surface area contributed by atoms with E-state index in [1.807, 2.05) is 0 Å². The summed E-state index contributed by atoms with van der Waals surface area (Å²) in [4.78, 5) is 23.3. The highest BCUT2D eigenvalue weighted by atomic mass is 16.7. The molecule has 1 rings (SSSR count). The quantitative estimate of drug-likeness (QED) is 0.797. The average molecular weight is 303 g/mol. The smallest absolute Gasteiger partial charge is 0.408 e. The first-order chi connectivity index (χ1) is 9.52. The zero-order chi connectivity index (χ0) is 16.3. The molecule has 21 heavy (non-hydrogen) atoms. The number of hydrogen-bond acceptors (Lipinski definition) is 6. The van der Waals surface area contributed by atoms with Crippen LogP contribution in [0.15, 0.2) is 0 Å². The third-order valence-electron chi connectivity index (χ3n) is 2.79. The van der Waals surface area contributed by atoms with Gasteiger partial charge < -0.3 is 24.3 Å². The lowest BCUT2D eigenvalue weighted by molar-refractivity contribution is -0.282. The molecule has 2 atom stereocenters. The van der Waals surface area contributed by atoms with Crippen LogP contribution in [0.25, 0.3) is 0 Å². The molecule has 1 aliphatic rings. The van der Waals surface area contributed by atoms with E-state index in [4.69, 9.17) is 14.2 Å². The van der Waals surface area contributed by atoms with Gasteiger partial charge in [-0.25, -0.2) is 4.79 Å². The summed E-state index contributed by atoms with van der Waals surface area (Å²) in [6.45, 7) is 9.05. The van der Waals surface area contributed by atoms with E-state index in [1.54, 1.807) is 34.6 Å². The fourth-order valence-electron chi connectivity index (χ4n) is 1.90. The first kappa shape index (κ1) is 17.7. The summed E-state index contributed by atoms with van der Waals surface area (Å²) in [6.07, 6.45) is -1.08. The van der Waals surface area contributed by atoms with Crippen molar-refractivity contribution >= 4 is 12.1 Å². The van der Waals surface area contributed by atoms with Gasteiger partial charge in [0.05, 0.1) is 32.3 Å². The van der Waals surface area contributed by atoms with Gasteiger partial charge in [-0.05, 0) is 34.6 Å². The Kier molecular flexibility index (Phi) is 5.58. The third kappa shape index (κ3) is 6.31. The van der Waals surface area contributed by atoms with Gasteiger partial charge in [0, 0.05) is 0 Å². The fraction of sp³-hybridized carbons (Fsp3) is 0.857. The van der Waals surface area contributed by atoms with E-state index in [-0.39, 0.29) is 13.0 Å². The first-order valence-electron chi connectivity index (χ1n) is 6.90. The van der Waals surface area contributed by atoms with E-state index < -0.39 is 35.6 Å². The maximum Gasteiger partial charge on any atom is 0.408 e. The van der Waals surface area contributed by atoms with Crippen molar-refractivity contribution in [3.05, 3.63) is 0 Å². The summed E-state index contributed by atoms with van der Waals surface area (Å²) in [5, 5.41) is 2.67. The zero-order valence-electron chi connectivity index (χ0n) is 13.5. The van der Waals surface area contributed by atoms with Crippen molar-refractivity contribution in [2.24, 2.45) is 0 Å². The van der Waals surface area contributed by atoms with Gasteiger partial charge in [0.15, 0.2) is 5.79 Å². The second-order valence-corrected chi connectivity index (χ2v) is 6.40. The van der Waals surface area contributed by atoms with Crippen LogP contribution < -0.4 is 5.32 Å². The highest BCUT2D eigenvalue weighted by molar-refractivity contribution is 5.71. The van der Waals surface area contributed by atoms with Crippen LogP contribution in [0.2, 0.25) is 0 Å². The number of ether oxygens (including phenoxy) is 4. The molecule has 7 heteroatoms. The van der Waals surface area contributed by atoms with Crippen molar-refractivity contribution in [2.75, 3.05) is 13.7 Å². The Morgan fingerprint density at radius 1 is 1.33 bits per heavy atom. The number of nitrogens with one attached hydrogen (secondary N) is 1. The summed E-state index contributed by atoms with van der Waals surface area (Å²) in [6, 6.07) is -0.480. The monoisotopic (exact) mass is 303 g/mol. The van der Waals surface area contributed by atoms with Crippen LogP contribution in [0, 0.1) is 0 Å². The van der Waals surface area contributed by atoms with Crippen LogP contribution in [0.1, 0.15) is 41.0 Å². The third-order valence-corrected chi connectivity index (χ3v) is 2.79. The first-order valence-corrected chi connectivity index (χ1v) is 6.90. The normalized spacial score (nSPS) is 25.0. The van der Waals surface area contributed by atoms with Crippen LogP contribution >= 0.6 is 0 Å². The van der Waals surface area contributed by atoms with E-state index in [1.165, 1.54) is 7.11 Å². The summed E-state index contributed by atoms with van der Waals surface area (Å²) in [5.74, 6) is -1.22. The van der Waals surface area contributed by atoms with Crippen molar-refractivity contribution in [3.8, 4) is 0 Å². The van der Waals surface area contributed by atoms with Crippen LogP contribution in [0.5, 0.6) is 0 Å². The number of carbonyl (C=O) groups excluding carboxylic acids is 2. The highest BCUT2D eigenvalue weighted by Crippen LogP contribution is 2.24. The van der Waals surface area contributed by atoms with Crippen molar-refractivity contribution in [1.82, 2.24) is 5.32 Å². The number of hydrogen-bond donors (Lipinski definition) is 1. The molecule has 122 valence electrons. The largest absolute Gasteiger partial charge is 0.469 e. The van der Waals surface area contributed by atoms with E-state index in [2.05, 4.69) is 10.1 Å². The standard InChI is InChI=1S/C14H25NO6/c1-13(2,3)21-12(17)15-9-8-19-14(4,5)20-10(9)7-11(16)18-6/h9-10H,7-8H2,1-6H3,(H,15,17)/t9-,10-/m1/s1. The molecule has 7 nitrogen and oxygen atoms in total. The number of rotatable bonds is 3. The molecule has 0 unspecified atom stereocenters. The van der Waals surface area contributed by atoms with E-state index in [9.17, 15) is 9.59 Å². The maximum absolute atomic E-state index is 11.8. The van der Waals surface area contributed by atoms with E-state index in [0.717, 1.165) is 0 Å². The fourth-order valence-corrected chi connectivity index (χ4v) is 1.90. The molecule has 0 bridgehead atoms. The van der Waals surface area contributed by atoms with Gasteiger partial charge in [0.25, 0.3) is 0 Å². The van der Waals surface area contributed by atoms with Crippen molar-refractivity contribution < 1.29 is 28.5 Å². The number of methoxy groups -OCH3 is 1. The van der Waals surface area contributed by atoms with Gasteiger partial charge in [-0.15, -0.1) is 0 Å². The average Bonchev–Trinajstić information content (AvgIpc) is 2.29. The summed E-state index contributed by atoms with van der Waals surface area (Å²) >= 11 is 0. The minimum atomic E-state index is -0.815. The van der Waals surface area contributed by atoms with Crippen LogP contribution in [-0.2, 0) is 23.7 Å². The Balaban J connectivity index is 2.68. The highest BCUT2D eigenvalue weighted by Gasteiger charge is 2.39. The Morgan fingerprint density at radius 2 is 1.95 bits per heavy atom. The van der Waals surface area contributed by atoms with Crippen molar-refractivity contribution in [1.29, 1.82) is 0 Å². The lowest BCUT2D eigenvalue weighted by atomic mass is 10.1. The molecular weight excluding hydrogens is 278 g/mol. The molecule has 0 spiro atoms. The molecule has 0 aliphatic carbocycles. The Bertz CT molecular complexity index is 387. The molecule has 0 aromatic heterocycles. The Hall–Kier alpha value is -1.34. The number of esters is 1. The van der Waals surface area contributed by atoms with Crippen LogP contribution in [0.4, 0.5) is 4.79 Å².